The Balaban J connectivity index is 1.82. The lowest BCUT2D eigenvalue weighted by atomic mass is 9.94. The molecule has 0 aliphatic carbocycles. The molecule has 34 heavy (non-hydrogen) atoms. The molecule has 8 nitrogen and oxygen atoms in total. The number of benzene rings is 1. The molecular formula is C25H30N2O6S. The molecule has 0 radical (unpaired) electrons. The first-order chi connectivity index (χ1) is 16.4. The van der Waals surface area contributed by atoms with E-state index in [1.54, 1.807) is 16.2 Å². The molecule has 2 heterocycles. The molecule has 3 rings (SSSR count). The van der Waals surface area contributed by atoms with Crippen LogP contribution >= 0.6 is 11.3 Å². The molecule has 1 unspecified atom stereocenters. The molecule has 182 valence electrons. The van der Waals surface area contributed by atoms with Gasteiger partial charge in [-0.05, 0) is 42.7 Å². The number of rotatable bonds is 9. The Morgan fingerprint density at radius 3 is 2.35 bits per heavy atom. The van der Waals surface area contributed by atoms with E-state index >= 15 is 0 Å². The predicted molar refractivity (Wildman–Crippen MR) is 127 cm³/mol. The lowest BCUT2D eigenvalue weighted by Gasteiger charge is -2.38. The molecule has 2 aromatic rings. The summed E-state index contributed by atoms with van der Waals surface area (Å²) in [6, 6.07) is 13.2. The van der Waals surface area contributed by atoms with E-state index in [1.165, 1.54) is 0 Å². The van der Waals surface area contributed by atoms with Crippen molar-refractivity contribution in [3.05, 3.63) is 58.3 Å². The van der Waals surface area contributed by atoms with Gasteiger partial charge in [-0.3, -0.25) is 19.2 Å². The highest BCUT2D eigenvalue weighted by Crippen LogP contribution is 2.32. The number of carbonyl (C=O) groups excluding carboxylic acids is 4. The first-order valence-electron chi connectivity index (χ1n) is 11.4. The van der Waals surface area contributed by atoms with Crippen molar-refractivity contribution in [2.75, 3.05) is 13.1 Å². The molecular weight excluding hydrogens is 456 g/mol. The van der Waals surface area contributed by atoms with Crippen molar-refractivity contribution < 1.29 is 28.7 Å². The molecule has 0 spiro atoms. The first-order valence-corrected chi connectivity index (χ1v) is 12.2. The summed E-state index contributed by atoms with van der Waals surface area (Å²) in [5.74, 6) is -2.72. The summed E-state index contributed by atoms with van der Waals surface area (Å²) in [6.07, 6.45) is -0.105. The van der Waals surface area contributed by atoms with E-state index in [0.29, 0.717) is 13.0 Å². The molecule has 1 fully saturated rings. The molecule has 1 aliphatic rings. The van der Waals surface area contributed by atoms with Crippen molar-refractivity contribution in [3.8, 4) is 0 Å². The largest absolute Gasteiger partial charge is 0.448 e. The third-order valence-corrected chi connectivity index (χ3v) is 6.52. The van der Waals surface area contributed by atoms with Gasteiger partial charge < -0.3 is 19.7 Å². The average molecular weight is 487 g/mol. The minimum atomic E-state index is -1.59. The Labute approximate surface area is 203 Å². The van der Waals surface area contributed by atoms with Gasteiger partial charge in [-0.2, -0.15) is 0 Å². The van der Waals surface area contributed by atoms with Crippen molar-refractivity contribution >= 4 is 35.1 Å². The van der Waals surface area contributed by atoms with E-state index in [2.05, 4.69) is 5.32 Å². The summed E-state index contributed by atoms with van der Waals surface area (Å²) < 4.78 is 10.6. The number of amides is 2. The number of likely N-dealkylation sites (tertiary alicyclic amines) is 1. The number of hydrogen-bond acceptors (Lipinski definition) is 7. The van der Waals surface area contributed by atoms with E-state index in [1.807, 2.05) is 47.8 Å². The normalized spacial score (nSPS) is 17.4. The van der Waals surface area contributed by atoms with Gasteiger partial charge in [0.15, 0.2) is 0 Å². The van der Waals surface area contributed by atoms with Crippen molar-refractivity contribution in [1.82, 2.24) is 10.2 Å². The third kappa shape index (κ3) is 6.90. The molecule has 3 atom stereocenters. The van der Waals surface area contributed by atoms with E-state index in [9.17, 15) is 19.2 Å². The van der Waals surface area contributed by atoms with Crippen LogP contribution in [0, 0.1) is 0 Å². The Kier molecular flexibility index (Phi) is 9.21. The van der Waals surface area contributed by atoms with Crippen LogP contribution in [0.5, 0.6) is 0 Å². The van der Waals surface area contributed by atoms with Crippen LogP contribution in [0.4, 0.5) is 0 Å². The highest BCUT2D eigenvalue weighted by molar-refractivity contribution is 7.09. The lowest BCUT2D eigenvalue weighted by Crippen LogP contribution is -2.55. The smallest absolute Gasteiger partial charge is 0.303 e. The minimum Gasteiger partial charge on any atom is -0.448 e. The van der Waals surface area contributed by atoms with Crippen LogP contribution in [0.15, 0.2) is 47.8 Å². The molecule has 1 aromatic carbocycles. The van der Waals surface area contributed by atoms with Crippen molar-refractivity contribution in [1.29, 1.82) is 0 Å². The highest BCUT2D eigenvalue weighted by atomic mass is 32.1. The van der Waals surface area contributed by atoms with Crippen molar-refractivity contribution in [3.63, 3.8) is 0 Å². The second kappa shape index (κ2) is 12.3. The second-order valence-corrected chi connectivity index (χ2v) is 9.17. The van der Waals surface area contributed by atoms with E-state index in [0.717, 1.165) is 43.6 Å². The van der Waals surface area contributed by atoms with Gasteiger partial charge in [0.1, 0.15) is 0 Å². The van der Waals surface area contributed by atoms with Gasteiger partial charge in [0.2, 0.25) is 12.2 Å². The summed E-state index contributed by atoms with van der Waals surface area (Å²) >= 11 is 1.56. The van der Waals surface area contributed by atoms with Gasteiger partial charge >= 0.3 is 11.9 Å². The lowest BCUT2D eigenvalue weighted by molar-refractivity contribution is -0.179. The fourth-order valence-electron chi connectivity index (χ4n) is 4.10. The predicted octanol–water partition coefficient (Wildman–Crippen LogP) is 3.02. The van der Waals surface area contributed by atoms with Gasteiger partial charge in [0.05, 0.1) is 6.04 Å². The van der Waals surface area contributed by atoms with Crippen LogP contribution in [0.2, 0.25) is 0 Å². The number of nitrogens with one attached hydrogen (secondary N) is 1. The van der Waals surface area contributed by atoms with Gasteiger partial charge in [0.25, 0.3) is 11.8 Å². The molecule has 1 N–H and O–H groups in total. The average Bonchev–Trinajstić information content (AvgIpc) is 3.34. The standard InChI is InChI=1S/C25H30N2O6S/c1-17(28)32-22(24(30)26-14-13-20-11-8-16-34-20)23(33-18(2)29)25(31)27-15-7-6-12-21(27)19-9-4-3-5-10-19/h3-5,8-11,16,21-23H,6-7,12-15H2,1-2H3,(H,26,30)/t21?,22-,23-/m1/s1. The number of carbonyl (C=O) groups is 4. The van der Waals surface area contributed by atoms with Gasteiger partial charge in [-0.1, -0.05) is 36.4 Å². The monoisotopic (exact) mass is 486 g/mol. The van der Waals surface area contributed by atoms with E-state index in [4.69, 9.17) is 9.47 Å². The maximum Gasteiger partial charge on any atom is 0.303 e. The maximum atomic E-state index is 13.7. The fourth-order valence-corrected chi connectivity index (χ4v) is 4.81. The molecule has 0 saturated carbocycles. The number of hydrogen-bond donors (Lipinski definition) is 1. The Morgan fingerprint density at radius 2 is 1.71 bits per heavy atom. The van der Waals surface area contributed by atoms with Gasteiger partial charge in [-0.15, -0.1) is 11.3 Å². The zero-order valence-corrected chi connectivity index (χ0v) is 20.2. The van der Waals surface area contributed by atoms with Crippen LogP contribution in [0.25, 0.3) is 0 Å². The van der Waals surface area contributed by atoms with Crippen LogP contribution in [0.1, 0.15) is 49.6 Å². The Hall–Kier alpha value is -3.20. The van der Waals surface area contributed by atoms with E-state index in [-0.39, 0.29) is 12.6 Å². The molecule has 2 amide bonds. The molecule has 9 heteroatoms. The number of esters is 2. The van der Waals surface area contributed by atoms with Crippen molar-refractivity contribution in [2.24, 2.45) is 0 Å². The quantitative estimate of drug-likeness (QED) is 0.547. The molecule has 1 aromatic heterocycles. The highest BCUT2D eigenvalue weighted by Gasteiger charge is 2.43. The first kappa shape index (κ1) is 25.4. The number of piperidine rings is 1. The summed E-state index contributed by atoms with van der Waals surface area (Å²) in [5, 5.41) is 4.65. The zero-order chi connectivity index (χ0) is 24.5. The topological polar surface area (TPSA) is 102 Å². The van der Waals surface area contributed by atoms with Crippen LogP contribution < -0.4 is 5.32 Å². The molecule has 1 saturated heterocycles. The van der Waals surface area contributed by atoms with Crippen LogP contribution in [-0.4, -0.2) is 54.0 Å². The SMILES string of the molecule is CC(=O)O[C@@H](C(=O)NCCc1cccs1)[C@@H](OC(C)=O)C(=O)N1CCCCC1c1ccccc1. The maximum absolute atomic E-state index is 13.7. The summed E-state index contributed by atoms with van der Waals surface area (Å²) in [7, 11) is 0. The van der Waals surface area contributed by atoms with Gasteiger partial charge in [-0.25, -0.2) is 0 Å². The Morgan fingerprint density at radius 1 is 1.00 bits per heavy atom. The fraction of sp³-hybridized carbons (Fsp3) is 0.440. The molecule has 1 aliphatic heterocycles. The second-order valence-electron chi connectivity index (χ2n) is 8.13. The summed E-state index contributed by atoms with van der Waals surface area (Å²) in [6.45, 7) is 3.04. The Bertz CT molecular complexity index is 979. The zero-order valence-electron chi connectivity index (χ0n) is 19.4. The van der Waals surface area contributed by atoms with Crippen LogP contribution in [-0.2, 0) is 35.1 Å². The minimum absolute atomic E-state index is 0.222. The summed E-state index contributed by atoms with van der Waals surface area (Å²) in [4.78, 5) is 53.2. The number of thiophene rings is 1. The number of nitrogens with zero attached hydrogens (tertiary/aromatic N) is 1. The molecule has 0 bridgehead atoms. The van der Waals surface area contributed by atoms with E-state index < -0.39 is 36.0 Å². The van der Waals surface area contributed by atoms with Crippen LogP contribution in [0.3, 0.4) is 0 Å². The van der Waals surface area contributed by atoms with Crippen molar-refractivity contribution in [2.45, 2.75) is 57.8 Å². The number of ether oxygens (including phenoxy) is 2. The third-order valence-electron chi connectivity index (χ3n) is 5.58. The van der Waals surface area contributed by atoms with Gasteiger partial charge in [0, 0.05) is 31.8 Å². The summed E-state index contributed by atoms with van der Waals surface area (Å²) in [5.41, 5.74) is 0.960.